The van der Waals surface area contributed by atoms with Crippen molar-refractivity contribution in [2.45, 2.75) is 13.5 Å². The predicted octanol–water partition coefficient (Wildman–Crippen LogP) is 3.31. The number of benzene rings is 2. The summed E-state index contributed by atoms with van der Waals surface area (Å²) in [5.74, 6) is 1.02. The highest BCUT2D eigenvalue weighted by Crippen LogP contribution is 2.17. The molecule has 0 aliphatic heterocycles. The predicted molar refractivity (Wildman–Crippen MR) is 72.8 cm³/mol. The van der Waals surface area contributed by atoms with E-state index in [0.29, 0.717) is 5.69 Å². The maximum absolute atomic E-state index is 7.50. The highest BCUT2D eigenvalue weighted by molar-refractivity contribution is 5.75. The van der Waals surface area contributed by atoms with E-state index in [4.69, 9.17) is 5.73 Å². The molecule has 0 saturated carbocycles. The van der Waals surface area contributed by atoms with Crippen LogP contribution in [0.3, 0.4) is 0 Å². The van der Waals surface area contributed by atoms with Crippen molar-refractivity contribution < 1.29 is 0 Å². The zero-order valence-corrected chi connectivity index (χ0v) is 10.2. The number of aryl methyl sites for hydroxylation is 1. The minimum Gasteiger partial charge on any atom is -0.324 e. The molecule has 0 unspecified atom stereocenters. The SMILES string of the molecule is Cc1nc2ccccc2n1Cc1ccc([NH])cc1. The van der Waals surface area contributed by atoms with Gasteiger partial charge in [0.05, 0.1) is 16.7 Å². The van der Waals surface area contributed by atoms with Crippen LogP contribution in [-0.2, 0) is 6.54 Å². The minimum absolute atomic E-state index is 0.547. The van der Waals surface area contributed by atoms with Crippen LogP contribution in [0.2, 0.25) is 0 Å². The standard InChI is InChI=1S/C15H14N3/c1-11-17-14-4-2-3-5-15(14)18(11)10-12-6-8-13(16)9-7-12/h2-9,16H,10H2,1H3. The molecule has 89 valence electrons. The van der Waals surface area contributed by atoms with Crippen LogP contribution in [0.4, 0.5) is 5.69 Å². The molecule has 1 heterocycles. The zero-order valence-electron chi connectivity index (χ0n) is 10.2. The van der Waals surface area contributed by atoms with Crippen LogP contribution in [0.25, 0.3) is 11.0 Å². The molecule has 0 fully saturated rings. The van der Waals surface area contributed by atoms with Gasteiger partial charge in [-0.15, -0.1) is 0 Å². The molecule has 0 amide bonds. The first-order valence-corrected chi connectivity index (χ1v) is 5.96. The normalized spacial score (nSPS) is 10.9. The summed E-state index contributed by atoms with van der Waals surface area (Å²) in [6.45, 7) is 2.82. The first kappa shape index (κ1) is 10.8. The fourth-order valence-electron chi connectivity index (χ4n) is 2.19. The number of rotatable bonds is 2. The van der Waals surface area contributed by atoms with E-state index >= 15 is 0 Å². The van der Waals surface area contributed by atoms with Gasteiger partial charge in [-0.1, -0.05) is 24.3 Å². The largest absolute Gasteiger partial charge is 0.324 e. The topological polar surface area (TPSA) is 41.6 Å². The molecule has 3 aromatic rings. The average Bonchev–Trinajstić information content (AvgIpc) is 2.69. The summed E-state index contributed by atoms with van der Waals surface area (Å²) in [5.41, 5.74) is 11.4. The lowest BCUT2D eigenvalue weighted by Gasteiger charge is -2.07. The number of imidazole rings is 1. The van der Waals surface area contributed by atoms with Gasteiger partial charge in [0, 0.05) is 6.54 Å². The molecule has 3 rings (SSSR count). The summed E-state index contributed by atoms with van der Waals surface area (Å²) in [7, 11) is 0. The Labute approximate surface area is 106 Å². The van der Waals surface area contributed by atoms with Gasteiger partial charge in [-0.2, -0.15) is 0 Å². The van der Waals surface area contributed by atoms with Crippen molar-refractivity contribution in [3.05, 3.63) is 59.9 Å². The van der Waals surface area contributed by atoms with Crippen molar-refractivity contribution in [3.63, 3.8) is 0 Å². The summed E-state index contributed by atoms with van der Waals surface area (Å²) >= 11 is 0. The van der Waals surface area contributed by atoms with Gasteiger partial charge in [0.15, 0.2) is 0 Å². The number of fused-ring (bicyclic) bond motifs is 1. The number of aromatic nitrogens is 2. The van der Waals surface area contributed by atoms with Gasteiger partial charge >= 0.3 is 0 Å². The smallest absolute Gasteiger partial charge is 0.107 e. The Morgan fingerprint density at radius 1 is 1.06 bits per heavy atom. The first-order valence-electron chi connectivity index (χ1n) is 5.96. The summed E-state index contributed by atoms with van der Waals surface area (Å²) in [4.78, 5) is 4.55. The molecule has 3 heteroatoms. The van der Waals surface area contributed by atoms with Gasteiger partial charge in [0.2, 0.25) is 0 Å². The van der Waals surface area contributed by atoms with Crippen molar-refractivity contribution in [2.24, 2.45) is 0 Å². The second kappa shape index (κ2) is 4.18. The van der Waals surface area contributed by atoms with Gasteiger partial charge in [-0.05, 0) is 36.8 Å². The van der Waals surface area contributed by atoms with E-state index in [9.17, 15) is 0 Å². The number of nitrogens with zero attached hydrogens (tertiary/aromatic N) is 2. The lowest BCUT2D eigenvalue weighted by molar-refractivity contribution is 0.786. The zero-order chi connectivity index (χ0) is 12.5. The Kier molecular flexibility index (Phi) is 2.52. The van der Waals surface area contributed by atoms with Crippen LogP contribution >= 0.6 is 0 Å². The number of hydrogen-bond acceptors (Lipinski definition) is 1. The third-order valence-electron chi connectivity index (χ3n) is 3.14. The van der Waals surface area contributed by atoms with Crippen LogP contribution < -0.4 is 5.73 Å². The van der Waals surface area contributed by atoms with Crippen LogP contribution in [0.5, 0.6) is 0 Å². The maximum Gasteiger partial charge on any atom is 0.107 e. The summed E-state index contributed by atoms with van der Waals surface area (Å²) in [6, 6.07) is 15.8. The lowest BCUT2D eigenvalue weighted by atomic mass is 10.2. The molecule has 0 saturated heterocycles. The van der Waals surface area contributed by atoms with E-state index < -0.39 is 0 Å². The first-order chi connectivity index (χ1) is 8.74. The van der Waals surface area contributed by atoms with Gasteiger partial charge in [-0.3, -0.25) is 0 Å². The molecule has 3 nitrogen and oxygen atoms in total. The molecule has 0 bridgehead atoms. The Morgan fingerprint density at radius 3 is 2.56 bits per heavy atom. The Hall–Kier alpha value is -2.29. The minimum atomic E-state index is 0.547. The summed E-state index contributed by atoms with van der Waals surface area (Å²) in [6.07, 6.45) is 0. The maximum atomic E-state index is 7.50. The third kappa shape index (κ3) is 1.84. The summed E-state index contributed by atoms with van der Waals surface area (Å²) in [5, 5.41) is 0. The van der Waals surface area contributed by atoms with Crippen LogP contribution in [0, 0.1) is 6.92 Å². The number of hydrogen-bond donors (Lipinski definition) is 0. The molecule has 1 radical (unpaired) electrons. The number of nitrogens with one attached hydrogen (secondary N) is 1. The Morgan fingerprint density at radius 2 is 1.78 bits per heavy atom. The summed E-state index contributed by atoms with van der Waals surface area (Å²) < 4.78 is 2.20. The average molecular weight is 236 g/mol. The van der Waals surface area contributed by atoms with Gasteiger partial charge in [0.1, 0.15) is 5.82 Å². The molecule has 2 aromatic carbocycles. The van der Waals surface area contributed by atoms with Crippen molar-refractivity contribution in [1.29, 1.82) is 0 Å². The van der Waals surface area contributed by atoms with E-state index in [1.54, 1.807) is 0 Å². The van der Waals surface area contributed by atoms with Crippen molar-refractivity contribution >= 4 is 16.7 Å². The van der Waals surface area contributed by atoms with E-state index in [-0.39, 0.29) is 0 Å². The molecular weight excluding hydrogens is 222 g/mol. The second-order valence-electron chi connectivity index (χ2n) is 4.43. The van der Waals surface area contributed by atoms with Crippen molar-refractivity contribution in [3.8, 4) is 0 Å². The second-order valence-corrected chi connectivity index (χ2v) is 4.43. The van der Waals surface area contributed by atoms with Gasteiger partial charge in [0.25, 0.3) is 0 Å². The van der Waals surface area contributed by atoms with Crippen LogP contribution in [-0.4, -0.2) is 9.55 Å². The van der Waals surface area contributed by atoms with E-state index in [1.807, 2.05) is 49.4 Å². The lowest BCUT2D eigenvalue weighted by Crippen LogP contribution is -2.01. The molecular formula is C15H14N3. The molecule has 1 aromatic heterocycles. The fraction of sp³-hybridized carbons (Fsp3) is 0.133. The molecule has 1 N–H and O–H groups in total. The quantitative estimate of drug-likeness (QED) is 0.673. The highest BCUT2D eigenvalue weighted by Gasteiger charge is 2.06. The van der Waals surface area contributed by atoms with E-state index in [0.717, 1.165) is 23.4 Å². The molecule has 0 aliphatic rings. The monoisotopic (exact) mass is 236 g/mol. The molecule has 18 heavy (non-hydrogen) atoms. The molecule has 0 atom stereocenters. The van der Waals surface area contributed by atoms with Crippen LogP contribution in [0.1, 0.15) is 11.4 Å². The fourth-order valence-corrected chi connectivity index (χ4v) is 2.19. The van der Waals surface area contributed by atoms with Crippen molar-refractivity contribution in [2.75, 3.05) is 0 Å². The highest BCUT2D eigenvalue weighted by atomic mass is 15.1. The van der Waals surface area contributed by atoms with Gasteiger partial charge < -0.3 is 10.3 Å². The van der Waals surface area contributed by atoms with Crippen LogP contribution in [0.15, 0.2) is 48.5 Å². The molecule has 0 aliphatic carbocycles. The Balaban J connectivity index is 2.04. The van der Waals surface area contributed by atoms with E-state index in [2.05, 4.69) is 15.6 Å². The van der Waals surface area contributed by atoms with E-state index in [1.165, 1.54) is 5.56 Å². The third-order valence-corrected chi connectivity index (χ3v) is 3.14. The van der Waals surface area contributed by atoms with Gasteiger partial charge in [-0.25, -0.2) is 4.98 Å². The Bertz CT molecular complexity index is 681. The number of para-hydroxylation sites is 2. The molecule has 0 spiro atoms. The van der Waals surface area contributed by atoms with Crippen molar-refractivity contribution in [1.82, 2.24) is 15.3 Å².